The maximum Gasteiger partial charge on any atom is 0.165 e. The van der Waals surface area contributed by atoms with Gasteiger partial charge in [-0.3, -0.25) is 0 Å². The van der Waals surface area contributed by atoms with E-state index in [4.69, 9.17) is 14.2 Å². The minimum Gasteiger partial charge on any atom is -0.493 e. The van der Waals surface area contributed by atoms with Crippen LogP contribution in [0.5, 0.6) is 11.5 Å². The predicted molar refractivity (Wildman–Crippen MR) is 82.1 cm³/mol. The molecule has 2 fully saturated rings. The summed E-state index contributed by atoms with van der Waals surface area (Å²) in [5, 5.41) is 3.58. The fraction of sp³-hybridized carbons (Fsp3) is 0.647. The van der Waals surface area contributed by atoms with Crippen LogP contribution in [0.25, 0.3) is 0 Å². The van der Waals surface area contributed by atoms with Crippen LogP contribution in [-0.2, 0) is 4.74 Å². The monoisotopic (exact) mass is 291 g/mol. The van der Waals surface area contributed by atoms with E-state index in [0.29, 0.717) is 12.6 Å². The molecule has 1 aromatic carbocycles. The number of ether oxygens (including phenoxy) is 3. The Labute approximate surface area is 126 Å². The highest BCUT2D eigenvalue weighted by atomic mass is 16.5. The number of rotatable bonds is 4. The molecule has 0 bridgehead atoms. The second kappa shape index (κ2) is 7.14. The highest BCUT2D eigenvalue weighted by molar-refractivity contribution is 5.48. The second-order valence-electron chi connectivity index (χ2n) is 5.84. The summed E-state index contributed by atoms with van der Waals surface area (Å²) in [6.45, 7) is 2.60. The molecule has 2 atom stereocenters. The molecule has 1 N–H and O–H groups in total. The van der Waals surface area contributed by atoms with Crippen LogP contribution in [0.2, 0.25) is 0 Å². The van der Waals surface area contributed by atoms with Crippen LogP contribution < -0.4 is 14.8 Å². The van der Waals surface area contributed by atoms with Gasteiger partial charge in [-0.15, -0.1) is 0 Å². The Kier molecular flexibility index (Phi) is 4.99. The van der Waals surface area contributed by atoms with Crippen molar-refractivity contribution in [2.45, 2.75) is 44.2 Å². The molecule has 2 unspecified atom stereocenters. The van der Waals surface area contributed by atoms with Gasteiger partial charge >= 0.3 is 0 Å². The quantitative estimate of drug-likeness (QED) is 0.925. The minimum atomic E-state index is 0.141. The third-order valence-corrected chi connectivity index (χ3v) is 4.31. The topological polar surface area (TPSA) is 39.7 Å². The molecule has 3 rings (SSSR count). The Hall–Kier alpha value is -1.26. The molecule has 0 aliphatic carbocycles. The summed E-state index contributed by atoms with van der Waals surface area (Å²) in [5.41, 5.74) is 1.21. The molecule has 0 spiro atoms. The van der Waals surface area contributed by atoms with Gasteiger partial charge < -0.3 is 19.5 Å². The molecule has 1 aromatic rings. The van der Waals surface area contributed by atoms with Crippen LogP contribution in [0.1, 0.15) is 43.7 Å². The van der Waals surface area contributed by atoms with E-state index >= 15 is 0 Å². The van der Waals surface area contributed by atoms with Gasteiger partial charge in [0.25, 0.3) is 0 Å². The first-order valence-electron chi connectivity index (χ1n) is 8.03. The van der Waals surface area contributed by atoms with Gasteiger partial charge in [0.1, 0.15) is 6.10 Å². The Morgan fingerprint density at radius 2 is 2.14 bits per heavy atom. The van der Waals surface area contributed by atoms with Crippen LogP contribution in [0.4, 0.5) is 0 Å². The van der Waals surface area contributed by atoms with Crippen molar-refractivity contribution in [3.8, 4) is 11.5 Å². The number of hydrogen-bond acceptors (Lipinski definition) is 4. The third-order valence-electron chi connectivity index (χ3n) is 4.31. The first-order chi connectivity index (χ1) is 10.4. The first-order valence-corrected chi connectivity index (χ1v) is 8.03. The fourth-order valence-electron chi connectivity index (χ4n) is 3.22. The SMILES string of the molecule is COc1c(OC2CCCOC2)cccc1C1CCCCN1. The van der Waals surface area contributed by atoms with Crippen molar-refractivity contribution < 1.29 is 14.2 Å². The van der Waals surface area contributed by atoms with E-state index in [9.17, 15) is 0 Å². The van der Waals surface area contributed by atoms with Crippen molar-refractivity contribution in [1.29, 1.82) is 0 Å². The highest BCUT2D eigenvalue weighted by Crippen LogP contribution is 2.38. The Morgan fingerprint density at radius 1 is 1.19 bits per heavy atom. The van der Waals surface area contributed by atoms with Crippen LogP contribution in [-0.4, -0.2) is 33.0 Å². The van der Waals surface area contributed by atoms with Crippen LogP contribution in [0, 0.1) is 0 Å². The van der Waals surface area contributed by atoms with E-state index in [1.807, 2.05) is 6.07 Å². The summed E-state index contributed by atoms with van der Waals surface area (Å²) >= 11 is 0. The first kappa shape index (κ1) is 14.7. The van der Waals surface area contributed by atoms with Gasteiger partial charge in [0, 0.05) is 18.2 Å². The molecule has 2 aliphatic heterocycles. The molecule has 0 aromatic heterocycles. The Balaban J connectivity index is 1.79. The van der Waals surface area contributed by atoms with E-state index in [0.717, 1.165) is 43.9 Å². The number of para-hydroxylation sites is 1. The molecule has 2 saturated heterocycles. The van der Waals surface area contributed by atoms with Crippen molar-refractivity contribution in [3.63, 3.8) is 0 Å². The average molecular weight is 291 g/mol. The lowest BCUT2D eigenvalue weighted by Gasteiger charge is -2.28. The molecule has 2 aliphatic rings. The van der Waals surface area contributed by atoms with Crippen LogP contribution in [0.3, 0.4) is 0 Å². The fourth-order valence-corrected chi connectivity index (χ4v) is 3.22. The summed E-state index contributed by atoms with van der Waals surface area (Å²) in [6.07, 6.45) is 5.94. The molecule has 4 nitrogen and oxygen atoms in total. The zero-order valence-corrected chi connectivity index (χ0v) is 12.8. The molecule has 4 heteroatoms. The smallest absolute Gasteiger partial charge is 0.165 e. The zero-order chi connectivity index (χ0) is 14.5. The lowest BCUT2D eigenvalue weighted by Crippen LogP contribution is -2.29. The predicted octanol–water partition coefficient (Wildman–Crippen LogP) is 3.07. The summed E-state index contributed by atoms with van der Waals surface area (Å²) < 4.78 is 17.3. The highest BCUT2D eigenvalue weighted by Gasteiger charge is 2.23. The van der Waals surface area contributed by atoms with Gasteiger partial charge in [-0.2, -0.15) is 0 Å². The van der Waals surface area contributed by atoms with Gasteiger partial charge in [-0.05, 0) is 38.3 Å². The largest absolute Gasteiger partial charge is 0.493 e. The number of methoxy groups -OCH3 is 1. The zero-order valence-electron chi connectivity index (χ0n) is 12.8. The molecule has 0 radical (unpaired) electrons. The van der Waals surface area contributed by atoms with E-state index in [-0.39, 0.29) is 6.10 Å². The van der Waals surface area contributed by atoms with Gasteiger partial charge in [0.2, 0.25) is 0 Å². The number of piperidine rings is 1. The average Bonchev–Trinajstić information content (AvgIpc) is 2.56. The van der Waals surface area contributed by atoms with Crippen LogP contribution >= 0.6 is 0 Å². The van der Waals surface area contributed by atoms with E-state index in [1.165, 1.54) is 18.4 Å². The standard InChI is InChI=1S/C17H25NO3/c1-19-17-14(15-8-2-3-10-18-15)7-4-9-16(17)21-13-6-5-11-20-12-13/h4,7,9,13,15,18H,2-3,5-6,8,10-12H2,1H3. The van der Waals surface area contributed by atoms with E-state index in [1.54, 1.807) is 7.11 Å². The second-order valence-corrected chi connectivity index (χ2v) is 5.84. The summed E-state index contributed by atoms with van der Waals surface area (Å²) in [4.78, 5) is 0. The lowest BCUT2D eigenvalue weighted by molar-refractivity contribution is 0.00635. The van der Waals surface area contributed by atoms with Crippen molar-refractivity contribution in [2.75, 3.05) is 26.9 Å². The summed E-state index contributed by atoms with van der Waals surface area (Å²) in [6, 6.07) is 6.58. The molecule has 21 heavy (non-hydrogen) atoms. The minimum absolute atomic E-state index is 0.141. The van der Waals surface area contributed by atoms with Gasteiger partial charge in [0.15, 0.2) is 11.5 Å². The number of benzene rings is 1. The van der Waals surface area contributed by atoms with Crippen LogP contribution in [0.15, 0.2) is 18.2 Å². The van der Waals surface area contributed by atoms with Crippen molar-refractivity contribution in [1.82, 2.24) is 5.32 Å². The Bertz CT molecular complexity index is 451. The van der Waals surface area contributed by atoms with E-state index < -0.39 is 0 Å². The van der Waals surface area contributed by atoms with Gasteiger partial charge in [-0.25, -0.2) is 0 Å². The molecule has 2 heterocycles. The normalized spacial score (nSPS) is 26.3. The van der Waals surface area contributed by atoms with Gasteiger partial charge in [-0.1, -0.05) is 18.6 Å². The summed E-state index contributed by atoms with van der Waals surface area (Å²) in [7, 11) is 1.73. The maximum atomic E-state index is 6.13. The number of nitrogens with one attached hydrogen (secondary N) is 1. The van der Waals surface area contributed by atoms with Gasteiger partial charge in [0.05, 0.1) is 13.7 Å². The molecular weight excluding hydrogens is 266 g/mol. The third kappa shape index (κ3) is 3.50. The molecule has 0 amide bonds. The molecule has 0 saturated carbocycles. The van der Waals surface area contributed by atoms with Crippen molar-refractivity contribution in [3.05, 3.63) is 23.8 Å². The Morgan fingerprint density at radius 3 is 2.86 bits per heavy atom. The van der Waals surface area contributed by atoms with Crippen molar-refractivity contribution >= 4 is 0 Å². The number of hydrogen-bond donors (Lipinski definition) is 1. The summed E-state index contributed by atoms with van der Waals surface area (Å²) in [5.74, 6) is 1.72. The van der Waals surface area contributed by atoms with E-state index in [2.05, 4.69) is 17.4 Å². The molecule has 116 valence electrons. The molecular formula is C17H25NO3. The lowest BCUT2D eigenvalue weighted by atomic mass is 9.96. The van der Waals surface area contributed by atoms with Crippen molar-refractivity contribution in [2.24, 2.45) is 0 Å². The maximum absolute atomic E-state index is 6.13.